The number of aromatic nitrogens is 1. The van der Waals surface area contributed by atoms with Gasteiger partial charge in [0.05, 0.1) is 17.0 Å². The van der Waals surface area contributed by atoms with Crippen LogP contribution in [-0.2, 0) is 7.05 Å². The molecule has 0 amide bonds. The van der Waals surface area contributed by atoms with Crippen molar-refractivity contribution in [1.82, 2.24) is 0 Å². The number of nitriles is 1. The molecule has 0 atom stereocenters. The fourth-order valence-corrected chi connectivity index (χ4v) is 2.36. The van der Waals surface area contributed by atoms with Gasteiger partial charge in [0, 0.05) is 13.0 Å². The molecule has 0 aliphatic carbocycles. The maximum absolute atomic E-state index is 8.71. The van der Waals surface area contributed by atoms with Gasteiger partial charge in [-0.05, 0) is 23.8 Å². The van der Waals surface area contributed by atoms with Gasteiger partial charge in [-0.15, -0.1) is 0 Å². The lowest BCUT2D eigenvalue weighted by molar-refractivity contribution is -0.674. The minimum Gasteiger partial charge on any atom is -0.192 e. The smallest absolute Gasteiger partial charge is 0.192 e. The Bertz CT molecular complexity index is 586. The van der Waals surface area contributed by atoms with Crippen molar-refractivity contribution in [3.8, 4) is 6.07 Å². The Labute approximate surface area is 105 Å². The van der Waals surface area contributed by atoms with Crippen LogP contribution in [-0.4, -0.2) is 0 Å². The van der Waals surface area contributed by atoms with E-state index in [1.165, 1.54) is 10.7 Å². The zero-order valence-electron chi connectivity index (χ0n) is 9.84. The van der Waals surface area contributed by atoms with Crippen LogP contribution in [0.1, 0.15) is 21.8 Å². The first-order chi connectivity index (χ1) is 8.20. The third-order valence-electron chi connectivity index (χ3n) is 2.67. The van der Waals surface area contributed by atoms with Gasteiger partial charge < -0.3 is 0 Å². The lowest BCUT2D eigenvalue weighted by atomic mass is 10.1. The van der Waals surface area contributed by atoms with Crippen molar-refractivity contribution in [2.24, 2.45) is 7.05 Å². The second-order valence-electron chi connectivity index (χ2n) is 3.84. The summed E-state index contributed by atoms with van der Waals surface area (Å²) in [5.41, 5.74) is 3.06. The minimum atomic E-state index is 0.694. The van der Waals surface area contributed by atoms with Crippen LogP contribution in [0.15, 0.2) is 29.6 Å². The van der Waals surface area contributed by atoms with E-state index in [0.717, 1.165) is 5.56 Å². The zero-order valence-corrected chi connectivity index (χ0v) is 10.7. The molecule has 0 fully saturated rings. The molecule has 0 N–H and O–H groups in total. The second-order valence-corrected chi connectivity index (χ2v) is 4.73. The molecule has 0 unspecified atom stereocenters. The van der Waals surface area contributed by atoms with E-state index in [1.807, 2.05) is 24.3 Å². The summed E-state index contributed by atoms with van der Waals surface area (Å²) in [6.45, 7) is 2.09. The molecule has 1 aromatic heterocycles. The van der Waals surface area contributed by atoms with Crippen molar-refractivity contribution in [1.29, 1.82) is 5.26 Å². The largest absolute Gasteiger partial charge is 0.261 e. The fraction of sp³-hybridized carbons (Fsp3) is 0.143. The first-order valence-corrected chi connectivity index (χ1v) is 6.21. The highest BCUT2D eigenvalue weighted by molar-refractivity contribution is 7.10. The first kappa shape index (κ1) is 11.6. The highest BCUT2D eigenvalue weighted by Crippen LogP contribution is 2.11. The molecule has 0 aliphatic heterocycles. The van der Waals surface area contributed by atoms with Gasteiger partial charge in [0.2, 0.25) is 0 Å². The fourth-order valence-electron chi connectivity index (χ4n) is 1.46. The first-order valence-electron chi connectivity index (χ1n) is 5.33. The maximum atomic E-state index is 8.71. The number of nitrogens with zero attached hydrogens (tertiary/aromatic N) is 2. The molecule has 2 aromatic rings. The van der Waals surface area contributed by atoms with Gasteiger partial charge in [-0.2, -0.15) is 9.83 Å². The van der Waals surface area contributed by atoms with Crippen LogP contribution in [0.25, 0.3) is 12.2 Å². The van der Waals surface area contributed by atoms with Gasteiger partial charge in [-0.25, -0.2) is 0 Å². The number of thiazole rings is 1. The van der Waals surface area contributed by atoms with Gasteiger partial charge in [0.15, 0.2) is 5.69 Å². The molecule has 0 spiro atoms. The monoisotopic (exact) mass is 241 g/mol. The number of hydrogen-bond acceptors (Lipinski definition) is 2. The summed E-state index contributed by atoms with van der Waals surface area (Å²) in [7, 11) is 2.06. The van der Waals surface area contributed by atoms with Gasteiger partial charge in [-0.3, -0.25) is 0 Å². The van der Waals surface area contributed by atoms with Crippen molar-refractivity contribution < 1.29 is 4.57 Å². The zero-order chi connectivity index (χ0) is 12.3. The Morgan fingerprint density at radius 3 is 2.47 bits per heavy atom. The van der Waals surface area contributed by atoms with E-state index in [2.05, 4.69) is 42.1 Å². The summed E-state index contributed by atoms with van der Waals surface area (Å²) in [4.78, 5) is 0. The quantitative estimate of drug-likeness (QED) is 0.743. The van der Waals surface area contributed by atoms with E-state index in [4.69, 9.17) is 5.26 Å². The predicted octanol–water partition coefficient (Wildman–Crippen LogP) is 2.92. The van der Waals surface area contributed by atoms with Gasteiger partial charge in [0.1, 0.15) is 7.05 Å². The molecule has 1 heterocycles. The van der Waals surface area contributed by atoms with E-state index in [-0.39, 0.29) is 0 Å². The van der Waals surface area contributed by atoms with Crippen LogP contribution in [0.3, 0.4) is 0 Å². The molecule has 0 aliphatic rings. The lowest BCUT2D eigenvalue weighted by Gasteiger charge is -1.92. The molecular weight excluding hydrogens is 228 g/mol. The van der Waals surface area contributed by atoms with Crippen LogP contribution in [0.2, 0.25) is 0 Å². The average Bonchev–Trinajstić information content (AvgIpc) is 2.68. The highest BCUT2D eigenvalue weighted by atomic mass is 32.1. The van der Waals surface area contributed by atoms with Crippen LogP contribution in [0, 0.1) is 18.3 Å². The SMILES string of the molecule is Cc1csc(/C=C/c2ccc(C#N)cc2)[n+]1C. The highest BCUT2D eigenvalue weighted by Gasteiger charge is 2.08. The van der Waals surface area contributed by atoms with Crippen LogP contribution in [0.4, 0.5) is 0 Å². The summed E-state index contributed by atoms with van der Waals surface area (Å²) in [5.74, 6) is 0. The average molecular weight is 241 g/mol. The van der Waals surface area contributed by atoms with Crippen molar-refractivity contribution in [3.05, 3.63) is 51.5 Å². The van der Waals surface area contributed by atoms with Gasteiger partial charge in [-0.1, -0.05) is 23.5 Å². The molecule has 84 valence electrons. The van der Waals surface area contributed by atoms with Crippen molar-refractivity contribution in [2.45, 2.75) is 6.92 Å². The number of benzene rings is 1. The molecule has 0 radical (unpaired) electrons. The third kappa shape index (κ3) is 2.61. The maximum Gasteiger partial charge on any atom is 0.261 e. The Kier molecular flexibility index (Phi) is 3.36. The summed E-state index contributed by atoms with van der Waals surface area (Å²) < 4.78 is 2.16. The van der Waals surface area contributed by atoms with Gasteiger partial charge in [0.25, 0.3) is 5.01 Å². The van der Waals surface area contributed by atoms with Gasteiger partial charge >= 0.3 is 0 Å². The summed E-state index contributed by atoms with van der Waals surface area (Å²) in [5, 5.41) is 12.1. The molecule has 0 saturated carbocycles. The van der Waals surface area contributed by atoms with Crippen molar-refractivity contribution in [2.75, 3.05) is 0 Å². The van der Waals surface area contributed by atoms with Crippen LogP contribution >= 0.6 is 11.3 Å². The van der Waals surface area contributed by atoms with E-state index in [9.17, 15) is 0 Å². The van der Waals surface area contributed by atoms with Crippen molar-refractivity contribution in [3.63, 3.8) is 0 Å². The van der Waals surface area contributed by atoms with E-state index in [1.54, 1.807) is 11.3 Å². The molecule has 0 saturated heterocycles. The Hall–Kier alpha value is -1.92. The van der Waals surface area contributed by atoms with E-state index < -0.39 is 0 Å². The molecule has 2 rings (SSSR count). The topological polar surface area (TPSA) is 27.7 Å². The summed E-state index contributed by atoms with van der Waals surface area (Å²) in [6, 6.07) is 9.69. The standard InChI is InChI=1S/C14H13N2S/c1-11-10-17-14(16(11)2)8-7-12-3-5-13(9-15)6-4-12/h3-8,10H,1-2H3/q+1/b8-7+. The Morgan fingerprint density at radius 1 is 1.24 bits per heavy atom. The summed E-state index contributed by atoms with van der Waals surface area (Å²) >= 11 is 1.73. The molecule has 3 heteroatoms. The predicted molar refractivity (Wildman–Crippen MR) is 70.3 cm³/mol. The minimum absolute atomic E-state index is 0.694. The number of aryl methyl sites for hydroxylation is 1. The molecule has 2 nitrogen and oxygen atoms in total. The van der Waals surface area contributed by atoms with E-state index >= 15 is 0 Å². The van der Waals surface area contributed by atoms with E-state index in [0.29, 0.717) is 5.56 Å². The molecule has 1 aromatic carbocycles. The van der Waals surface area contributed by atoms with Crippen molar-refractivity contribution >= 4 is 23.5 Å². The molecule has 0 bridgehead atoms. The van der Waals surface area contributed by atoms with Crippen LogP contribution in [0.5, 0.6) is 0 Å². The molecular formula is C14H13N2S+. The number of rotatable bonds is 2. The molecule has 17 heavy (non-hydrogen) atoms. The Balaban J connectivity index is 2.20. The lowest BCUT2D eigenvalue weighted by Crippen LogP contribution is -2.31. The third-order valence-corrected chi connectivity index (χ3v) is 3.78. The van der Waals surface area contributed by atoms with Crippen LogP contribution < -0.4 is 4.57 Å². The second kappa shape index (κ2) is 4.94. The normalized spacial score (nSPS) is 10.6. The Morgan fingerprint density at radius 2 is 1.94 bits per heavy atom. The summed E-state index contributed by atoms with van der Waals surface area (Å²) in [6.07, 6.45) is 4.16. The number of hydrogen-bond donors (Lipinski definition) is 0.